The Labute approximate surface area is 107 Å². The minimum Gasteiger partial charge on any atom is -0.378 e. The second-order valence-electron chi connectivity index (χ2n) is 5.62. The molecule has 5 heteroatoms. The lowest BCUT2D eigenvalue weighted by molar-refractivity contribution is -0.0208. The van der Waals surface area contributed by atoms with Crippen molar-refractivity contribution in [2.75, 3.05) is 6.61 Å². The van der Waals surface area contributed by atoms with Crippen LogP contribution in [0.3, 0.4) is 0 Å². The molecule has 0 unspecified atom stereocenters. The second kappa shape index (κ2) is 4.58. The lowest BCUT2D eigenvalue weighted by atomic mass is 9.87. The average Bonchev–Trinajstić information content (AvgIpc) is 2.52. The van der Waals surface area contributed by atoms with Gasteiger partial charge in [-0.1, -0.05) is 20.8 Å². The summed E-state index contributed by atoms with van der Waals surface area (Å²) in [5, 5.41) is 8.69. The van der Waals surface area contributed by atoms with E-state index in [4.69, 9.17) is 16.3 Å². The highest BCUT2D eigenvalue weighted by Crippen LogP contribution is 2.39. The largest absolute Gasteiger partial charge is 0.378 e. The molecular weight excluding hydrogens is 238 g/mol. The van der Waals surface area contributed by atoms with Crippen LogP contribution in [0.4, 0.5) is 0 Å². The monoisotopic (exact) mass is 257 g/mol. The van der Waals surface area contributed by atoms with Gasteiger partial charge in [-0.2, -0.15) is 0 Å². The molecular formula is C12H20ClN3O. The highest BCUT2D eigenvalue weighted by molar-refractivity contribution is 6.28. The highest BCUT2D eigenvalue weighted by atomic mass is 35.5. The predicted molar refractivity (Wildman–Crippen MR) is 67.4 cm³/mol. The van der Waals surface area contributed by atoms with Crippen molar-refractivity contribution in [1.29, 1.82) is 0 Å². The minimum absolute atomic E-state index is 0.0309. The Morgan fingerprint density at radius 2 is 2.00 bits per heavy atom. The van der Waals surface area contributed by atoms with Crippen molar-refractivity contribution in [3.63, 3.8) is 0 Å². The van der Waals surface area contributed by atoms with E-state index in [1.165, 1.54) is 0 Å². The normalized spacial score (nSPS) is 24.8. The predicted octanol–water partition coefficient (Wildman–Crippen LogP) is 2.97. The molecule has 0 aliphatic heterocycles. The van der Waals surface area contributed by atoms with Crippen LogP contribution in [0.2, 0.25) is 5.28 Å². The van der Waals surface area contributed by atoms with Gasteiger partial charge in [-0.25, -0.2) is 0 Å². The lowest BCUT2D eigenvalue weighted by Gasteiger charge is -2.37. The van der Waals surface area contributed by atoms with Crippen molar-refractivity contribution >= 4 is 11.6 Å². The van der Waals surface area contributed by atoms with Crippen LogP contribution < -0.4 is 0 Å². The standard InChI is InChI=1S/C12H20ClN3O/c1-5-17-9-6-8(7-9)16-10(12(2,3)4)14-15-11(16)13/h8-9H,5-7H2,1-4H3. The van der Waals surface area contributed by atoms with Gasteiger partial charge in [-0.05, 0) is 31.4 Å². The van der Waals surface area contributed by atoms with Crippen LogP contribution in [0.5, 0.6) is 0 Å². The van der Waals surface area contributed by atoms with E-state index in [0.29, 0.717) is 17.4 Å². The van der Waals surface area contributed by atoms with Crippen molar-refractivity contribution in [3.8, 4) is 0 Å². The van der Waals surface area contributed by atoms with Crippen LogP contribution in [0.15, 0.2) is 0 Å². The molecule has 1 heterocycles. The maximum Gasteiger partial charge on any atom is 0.225 e. The van der Waals surface area contributed by atoms with E-state index in [2.05, 4.69) is 35.5 Å². The fourth-order valence-electron chi connectivity index (χ4n) is 2.23. The Bertz CT molecular complexity index is 391. The summed E-state index contributed by atoms with van der Waals surface area (Å²) in [6.07, 6.45) is 2.39. The third-order valence-corrected chi connectivity index (χ3v) is 3.42. The molecule has 1 aliphatic rings. The first kappa shape index (κ1) is 12.8. The minimum atomic E-state index is -0.0309. The molecule has 0 bridgehead atoms. The fourth-order valence-corrected chi connectivity index (χ4v) is 2.48. The molecule has 17 heavy (non-hydrogen) atoms. The number of nitrogens with zero attached hydrogens (tertiary/aromatic N) is 3. The quantitative estimate of drug-likeness (QED) is 0.836. The Hall–Kier alpha value is -0.610. The molecule has 0 aromatic carbocycles. The van der Waals surface area contributed by atoms with Crippen molar-refractivity contribution in [2.24, 2.45) is 0 Å². The topological polar surface area (TPSA) is 39.9 Å². The van der Waals surface area contributed by atoms with E-state index in [0.717, 1.165) is 25.3 Å². The summed E-state index contributed by atoms with van der Waals surface area (Å²) in [5.41, 5.74) is -0.0309. The van der Waals surface area contributed by atoms with Crippen LogP contribution in [-0.2, 0) is 10.2 Å². The molecule has 0 radical (unpaired) electrons. The molecule has 0 atom stereocenters. The van der Waals surface area contributed by atoms with Gasteiger partial charge < -0.3 is 4.74 Å². The number of ether oxygens (including phenoxy) is 1. The number of hydrogen-bond acceptors (Lipinski definition) is 3. The van der Waals surface area contributed by atoms with Crippen LogP contribution in [0, 0.1) is 0 Å². The van der Waals surface area contributed by atoms with E-state index in [-0.39, 0.29) is 5.41 Å². The zero-order valence-corrected chi connectivity index (χ0v) is 11.7. The maximum absolute atomic E-state index is 6.13. The van der Waals surface area contributed by atoms with Gasteiger partial charge in [-0.15, -0.1) is 10.2 Å². The number of halogens is 1. The van der Waals surface area contributed by atoms with Crippen molar-refractivity contribution in [2.45, 2.75) is 58.1 Å². The summed E-state index contributed by atoms with van der Waals surface area (Å²) in [4.78, 5) is 0. The Kier molecular flexibility index (Phi) is 3.46. The molecule has 1 aliphatic carbocycles. The van der Waals surface area contributed by atoms with Gasteiger partial charge in [-0.3, -0.25) is 4.57 Å². The molecule has 4 nitrogen and oxygen atoms in total. The van der Waals surface area contributed by atoms with Crippen LogP contribution in [0.25, 0.3) is 0 Å². The summed E-state index contributed by atoms with van der Waals surface area (Å²) in [5.74, 6) is 0.961. The van der Waals surface area contributed by atoms with E-state index in [9.17, 15) is 0 Å². The van der Waals surface area contributed by atoms with Crippen LogP contribution >= 0.6 is 11.6 Å². The third kappa shape index (κ3) is 2.47. The summed E-state index contributed by atoms with van der Waals surface area (Å²) in [6.45, 7) is 9.19. The maximum atomic E-state index is 6.13. The molecule has 2 rings (SSSR count). The van der Waals surface area contributed by atoms with Gasteiger partial charge in [0.2, 0.25) is 5.28 Å². The molecule has 0 saturated heterocycles. The molecule has 1 aromatic heterocycles. The zero-order valence-electron chi connectivity index (χ0n) is 10.9. The second-order valence-corrected chi connectivity index (χ2v) is 5.95. The van der Waals surface area contributed by atoms with Gasteiger partial charge in [0.05, 0.1) is 6.10 Å². The molecule has 1 saturated carbocycles. The van der Waals surface area contributed by atoms with Gasteiger partial charge in [0.1, 0.15) is 5.82 Å². The smallest absolute Gasteiger partial charge is 0.225 e. The van der Waals surface area contributed by atoms with E-state index in [1.54, 1.807) is 0 Å². The molecule has 96 valence electrons. The van der Waals surface area contributed by atoms with Crippen LogP contribution in [0.1, 0.15) is 52.4 Å². The first-order valence-electron chi connectivity index (χ1n) is 6.16. The van der Waals surface area contributed by atoms with Gasteiger partial charge in [0.25, 0.3) is 0 Å². The Balaban J connectivity index is 2.14. The summed E-state index contributed by atoms with van der Waals surface area (Å²) in [6, 6.07) is 0.392. The highest BCUT2D eigenvalue weighted by Gasteiger charge is 2.36. The Morgan fingerprint density at radius 3 is 2.53 bits per heavy atom. The van der Waals surface area contributed by atoms with Gasteiger partial charge in [0.15, 0.2) is 0 Å². The van der Waals surface area contributed by atoms with Crippen molar-refractivity contribution in [3.05, 3.63) is 11.1 Å². The van der Waals surface area contributed by atoms with Gasteiger partial charge >= 0.3 is 0 Å². The van der Waals surface area contributed by atoms with E-state index in [1.807, 2.05) is 6.92 Å². The SMILES string of the molecule is CCOC1CC(n2c(Cl)nnc2C(C)(C)C)C1. The molecule has 0 N–H and O–H groups in total. The van der Waals surface area contributed by atoms with Crippen molar-refractivity contribution in [1.82, 2.24) is 14.8 Å². The lowest BCUT2D eigenvalue weighted by Crippen LogP contribution is -2.35. The van der Waals surface area contributed by atoms with E-state index < -0.39 is 0 Å². The molecule has 0 amide bonds. The number of rotatable bonds is 3. The van der Waals surface area contributed by atoms with Crippen LogP contribution in [-0.4, -0.2) is 27.5 Å². The zero-order chi connectivity index (χ0) is 12.6. The number of hydrogen-bond donors (Lipinski definition) is 0. The third-order valence-electron chi connectivity index (χ3n) is 3.16. The summed E-state index contributed by atoms with van der Waals surface area (Å²) < 4.78 is 7.64. The van der Waals surface area contributed by atoms with Crippen molar-refractivity contribution < 1.29 is 4.74 Å². The number of aromatic nitrogens is 3. The fraction of sp³-hybridized carbons (Fsp3) is 0.833. The Morgan fingerprint density at radius 1 is 1.35 bits per heavy atom. The summed E-state index contributed by atoms with van der Waals surface area (Å²) >= 11 is 6.13. The first-order valence-corrected chi connectivity index (χ1v) is 6.53. The van der Waals surface area contributed by atoms with Gasteiger partial charge in [0, 0.05) is 18.1 Å². The summed E-state index contributed by atoms with van der Waals surface area (Å²) in [7, 11) is 0. The molecule has 1 aromatic rings. The van der Waals surface area contributed by atoms with E-state index >= 15 is 0 Å². The first-order chi connectivity index (χ1) is 7.93. The molecule has 1 fully saturated rings. The average molecular weight is 258 g/mol. The molecule has 0 spiro atoms.